The Labute approximate surface area is 150 Å². The largest absolute Gasteiger partial charge is 0.494 e. The molecule has 6 heteroatoms. The lowest BCUT2D eigenvalue weighted by atomic mass is 10.1. The lowest BCUT2D eigenvalue weighted by molar-refractivity contribution is 0.337. The van der Waals surface area contributed by atoms with Gasteiger partial charge < -0.3 is 14.6 Å². The third-order valence-corrected chi connectivity index (χ3v) is 4.02. The molecule has 2 aromatic heterocycles. The summed E-state index contributed by atoms with van der Waals surface area (Å²) in [5.74, 6) is 1.46. The van der Waals surface area contributed by atoms with E-state index in [2.05, 4.69) is 20.4 Å². The zero-order chi connectivity index (χ0) is 17.8. The van der Waals surface area contributed by atoms with Crippen molar-refractivity contribution in [3.05, 3.63) is 66.5 Å². The molecule has 130 valence electrons. The highest BCUT2D eigenvalue weighted by atomic mass is 16.5. The van der Waals surface area contributed by atoms with Gasteiger partial charge in [-0.1, -0.05) is 53.7 Å². The zero-order valence-corrected chi connectivity index (χ0v) is 14.3. The lowest BCUT2D eigenvalue weighted by Gasteiger charge is -2.11. The highest BCUT2D eigenvalue weighted by Crippen LogP contribution is 2.29. The van der Waals surface area contributed by atoms with E-state index in [1.165, 1.54) is 6.33 Å². The molecule has 0 radical (unpaired) electrons. The first kappa shape index (κ1) is 16.1. The molecule has 2 heterocycles. The standard InChI is InChI=1S/C20H18N4O2/c1-2-25-16-11-7-6-10-15(16)12-21-20-19-18(22-13-23-20)17(24-26-19)14-8-4-3-5-9-14/h3-11,13H,2,12H2,1H3,(H,21,22,23). The highest BCUT2D eigenvalue weighted by Gasteiger charge is 2.16. The van der Waals surface area contributed by atoms with Gasteiger partial charge in [0.25, 0.3) is 0 Å². The van der Waals surface area contributed by atoms with Gasteiger partial charge in [-0.25, -0.2) is 9.97 Å². The molecule has 26 heavy (non-hydrogen) atoms. The van der Waals surface area contributed by atoms with E-state index >= 15 is 0 Å². The molecule has 0 saturated carbocycles. The molecule has 0 aliphatic heterocycles. The van der Waals surface area contributed by atoms with E-state index < -0.39 is 0 Å². The molecule has 0 fully saturated rings. The molecule has 0 bridgehead atoms. The summed E-state index contributed by atoms with van der Waals surface area (Å²) >= 11 is 0. The number of nitrogens with zero attached hydrogens (tertiary/aromatic N) is 3. The Balaban J connectivity index is 1.63. The predicted octanol–water partition coefficient (Wildman–Crippen LogP) is 4.30. The van der Waals surface area contributed by atoms with Gasteiger partial charge in [0, 0.05) is 17.7 Å². The summed E-state index contributed by atoms with van der Waals surface area (Å²) in [5.41, 5.74) is 3.94. The van der Waals surface area contributed by atoms with E-state index in [1.807, 2.05) is 61.5 Å². The van der Waals surface area contributed by atoms with Crippen LogP contribution in [0.4, 0.5) is 5.82 Å². The van der Waals surface area contributed by atoms with Crippen LogP contribution in [0.25, 0.3) is 22.4 Å². The third kappa shape index (κ3) is 3.09. The number of nitrogens with one attached hydrogen (secondary N) is 1. The van der Waals surface area contributed by atoms with Crippen LogP contribution in [-0.2, 0) is 6.54 Å². The van der Waals surface area contributed by atoms with Gasteiger partial charge in [0.15, 0.2) is 5.82 Å². The second-order valence-electron chi connectivity index (χ2n) is 5.69. The molecule has 6 nitrogen and oxygen atoms in total. The Kier molecular flexibility index (Phi) is 4.47. The minimum absolute atomic E-state index is 0.542. The maximum atomic E-state index is 5.67. The van der Waals surface area contributed by atoms with E-state index in [-0.39, 0.29) is 0 Å². The normalized spacial score (nSPS) is 10.8. The number of hydrogen-bond acceptors (Lipinski definition) is 6. The summed E-state index contributed by atoms with van der Waals surface area (Å²) in [5, 5.41) is 7.49. The fraction of sp³-hybridized carbons (Fsp3) is 0.150. The topological polar surface area (TPSA) is 73.1 Å². The van der Waals surface area contributed by atoms with Gasteiger partial charge in [-0.3, -0.25) is 0 Å². The molecule has 2 aromatic carbocycles. The summed E-state index contributed by atoms with van der Waals surface area (Å²) in [6.07, 6.45) is 1.52. The fourth-order valence-corrected chi connectivity index (χ4v) is 2.80. The Morgan fingerprint density at radius 2 is 1.81 bits per heavy atom. The SMILES string of the molecule is CCOc1ccccc1CNc1ncnc2c(-c3ccccc3)noc12. The molecule has 0 aliphatic rings. The highest BCUT2D eigenvalue weighted by molar-refractivity contribution is 5.93. The van der Waals surface area contributed by atoms with E-state index in [9.17, 15) is 0 Å². The first-order chi connectivity index (χ1) is 12.9. The summed E-state index contributed by atoms with van der Waals surface area (Å²) in [4.78, 5) is 8.66. The monoisotopic (exact) mass is 346 g/mol. The molecular weight excluding hydrogens is 328 g/mol. The number of fused-ring (bicyclic) bond motifs is 1. The van der Waals surface area contributed by atoms with Crippen molar-refractivity contribution in [1.29, 1.82) is 0 Å². The van der Waals surface area contributed by atoms with Gasteiger partial charge in [0.1, 0.15) is 23.3 Å². The average Bonchev–Trinajstić information content (AvgIpc) is 3.13. The van der Waals surface area contributed by atoms with Crippen LogP contribution in [0.5, 0.6) is 5.75 Å². The molecule has 0 unspecified atom stereocenters. The zero-order valence-electron chi connectivity index (χ0n) is 14.3. The van der Waals surface area contributed by atoms with Gasteiger partial charge in [-0.2, -0.15) is 0 Å². The minimum Gasteiger partial charge on any atom is -0.494 e. The van der Waals surface area contributed by atoms with Crippen LogP contribution in [0.3, 0.4) is 0 Å². The van der Waals surface area contributed by atoms with Crippen molar-refractivity contribution in [2.45, 2.75) is 13.5 Å². The molecule has 0 saturated heterocycles. The van der Waals surface area contributed by atoms with Crippen LogP contribution in [0.2, 0.25) is 0 Å². The predicted molar refractivity (Wildman–Crippen MR) is 100.0 cm³/mol. The van der Waals surface area contributed by atoms with E-state index in [0.717, 1.165) is 16.9 Å². The Hall–Kier alpha value is -3.41. The van der Waals surface area contributed by atoms with E-state index in [4.69, 9.17) is 9.26 Å². The number of aromatic nitrogens is 3. The maximum absolute atomic E-state index is 5.67. The van der Waals surface area contributed by atoms with Crippen LogP contribution < -0.4 is 10.1 Å². The van der Waals surface area contributed by atoms with Crippen LogP contribution in [0.15, 0.2) is 65.4 Å². The van der Waals surface area contributed by atoms with Gasteiger partial charge in [0.2, 0.25) is 5.58 Å². The van der Waals surface area contributed by atoms with E-state index in [1.54, 1.807) is 0 Å². The second-order valence-corrected chi connectivity index (χ2v) is 5.69. The molecule has 4 aromatic rings. The van der Waals surface area contributed by atoms with Crippen LogP contribution in [0, 0.1) is 0 Å². The first-order valence-electron chi connectivity index (χ1n) is 8.47. The number of anilines is 1. The molecule has 0 atom stereocenters. The van der Waals surface area contributed by atoms with Crippen LogP contribution in [0.1, 0.15) is 12.5 Å². The Morgan fingerprint density at radius 3 is 2.65 bits per heavy atom. The molecular formula is C20H18N4O2. The summed E-state index contributed by atoms with van der Waals surface area (Å²) < 4.78 is 11.2. The Bertz CT molecular complexity index is 1010. The van der Waals surface area contributed by atoms with Crippen molar-refractivity contribution in [2.75, 3.05) is 11.9 Å². The number of ether oxygens (including phenoxy) is 1. The van der Waals surface area contributed by atoms with Crippen molar-refractivity contribution in [2.24, 2.45) is 0 Å². The van der Waals surface area contributed by atoms with Crippen molar-refractivity contribution >= 4 is 16.9 Å². The van der Waals surface area contributed by atoms with Crippen molar-refractivity contribution in [3.8, 4) is 17.0 Å². The number of para-hydroxylation sites is 1. The number of rotatable bonds is 6. The number of benzene rings is 2. The van der Waals surface area contributed by atoms with Gasteiger partial charge in [-0.15, -0.1) is 0 Å². The van der Waals surface area contributed by atoms with Crippen molar-refractivity contribution in [3.63, 3.8) is 0 Å². The van der Waals surface area contributed by atoms with Crippen molar-refractivity contribution in [1.82, 2.24) is 15.1 Å². The second kappa shape index (κ2) is 7.23. The quantitative estimate of drug-likeness (QED) is 0.561. The number of hydrogen-bond donors (Lipinski definition) is 1. The summed E-state index contributed by atoms with van der Waals surface area (Å²) in [6.45, 7) is 3.15. The molecule has 1 N–H and O–H groups in total. The summed E-state index contributed by atoms with van der Waals surface area (Å²) in [6, 6.07) is 17.8. The minimum atomic E-state index is 0.542. The smallest absolute Gasteiger partial charge is 0.228 e. The maximum Gasteiger partial charge on any atom is 0.228 e. The van der Waals surface area contributed by atoms with Gasteiger partial charge in [0.05, 0.1) is 6.61 Å². The Morgan fingerprint density at radius 1 is 1.00 bits per heavy atom. The van der Waals surface area contributed by atoms with Crippen LogP contribution >= 0.6 is 0 Å². The van der Waals surface area contributed by atoms with Gasteiger partial charge in [-0.05, 0) is 13.0 Å². The molecule has 0 aliphatic carbocycles. The van der Waals surface area contributed by atoms with Gasteiger partial charge >= 0.3 is 0 Å². The molecule has 0 spiro atoms. The average molecular weight is 346 g/mol. The molecule has 4 rings (SSSR count). The first-order valence-corrected chi connectivity index (χ1v) is 8.47. The third-order valence-electron chi connectivity index (χ3n) is 4.02. The van der Waals surface area contributed by atoms with Crippen molar-refractivity contribution < 1.29 is 9.26 Å². The van der Waals surface area contributed by atoms with E-state index in [0.29, 0.717) is 35.8 Å². The fourth-order valence-electron chi connectivity index (χ4n) is 2.80. The van der Waals surface area contributed by atoms with Crippen LogP contribution in [-0.4, -0.2) is 21.7 Å². The summed E-state index contributed by atoms with van der Waals surface area (Å²) in [7, 11) is 0. The molecule has 0 amide bonds. The lowest BCUT2D eigenvalue weighted by Crippen LogP contribution is -2.04.